The van der Waals surface area contributed by atoms with Crippen molar-refractivity contribution in [1.29, 1.82) is 0 Å². The molecule has 1 aromatic carbocycles. The quantitative estimate of drug-likeness (QED) is 0.686. The highest BCUT2D eigenvalue weighted by atomic mass is 19.4. The van der Waals surface area contributed by atoms with Crippen LogP contribution in [0, 0.1) is 0 Å². The zero-order valence-corrected chi connectivity index (χ0v) is 19.0. The number of ether oxygens (including phenoxy) is 2. The molecule has 1 N–H and O–H groups in total. The third-order valence-electron chi connectivity index (χ3n) is 5.67. The van der Waals surface area contributed by atoms with Gasteiger partial charge in [0.25, 0.3) is 0 Å². The molecule has 35 heavy (non-hydrogen) atoms. The molecule has 0 saturated carbocycles. The van der Waals surface area contributed by atoms with Gasteiger partial charge in [0.1, 0.15) is 12.4 Å². The SMILES string of the molecule is COc1ccc(C2=NN(C(=O)NC(C)c3cnc(C(F)(F)F)nc3)C[C@@H]2N2CCOCC2=O)cc1. The number of methoxy groups -OCH3 is 1. The number of carbonyl (C=O) groups is 2. The molecule has 186 valence electrons. The van der Waals surface area contributed by atoms with E-state index in [-0.39, 0.29) is 19.1 Å². The molecule has 2 atom stereocenters. The second-order valence-corrected chi connectivity index (χ2v) is 7.96. The van der Waals surface area contributed by atoms with Crippen molar-refractivity contribution in [1.82, 2.24) is 25.2 Å². The maximum absolute atomic E-state index is 13.0. The third-order valence-corrected chi connectivity index (χ3v) is 5.67. The summed E-state index contributed by atoms with van der Waals surface area (Å²) in [6, 6.07) is 5.34. The molecule has 1 aromatic heterocycles. The topological polar surface area (TPSA) is 109 Å². The fourth-order valence-corrected chi connectivity index (χ4v) is 3.78. The van der Waals surface area contributed by atoms with Crippen LogP contribution in [-0.2, 0) is 15.7 Å². The van der Waals surface area contributed by atoms with Gasteiger partial charge < -0.3 is 19.7 Å². The molecular weight excluding hydrogens is 469 g/mol. The molecule has 1 unspecified atom stereocenters. The lowest BCUT2D eigenvalue weighted by atomic mass is 10.0. The van der Waals surface area contributed by atoms with Gasteiger partial charge in [-0.15, -0.1) is 0 Å². The van der Waals surface area contributed by atoms with Gasteiger partial charge in [-0.1, -0.05) is 0 Å². The summed E-state index contributed by atoms with van der Waals surface area (Å²) in [6.07, 6.45) is -2.61. The first-order chi connectivity index (χ1) is 16.7. The lowest BCUT2D eigenvalue weighted by Gasteiger charge is -2.33. The van der Waals surface area contributed by atoms with Gasteiger partial charge in [-0.3, -0.25) is 4.79 Å². The van der Waals surface area contributed by atoms with E-state index in [2.05, 4.69) is 20.4 Å². The van der Waals surface area contributed by atoms with Crippen molar-refractivity contribution in [2.45, 2.75) is 25.2 Å². The Morgan fingerprint density at radius 2 is 1.91 bits per heavy atom. The van der Waals surface area contributed by atoms with Gasteiger partial charge in [-0.05, 0) is 31.2 Å². The Morgan fingerprint density at radius 3 is 2.51 bits per heavy atom. The standard InChI is InChI=1S/C22H23F3N6O4/c1-13(15-9-26-20(27-10-15)22(23,24)25)28-21(33)31-11-17(30-7-8-35-12-18(30)32)19(29-31)14-3-5-16(34-2)6-4-14/h3-6,9-10,13,17H,7-8,11-12H2,1-2H3,(H,28,33)/t13?,17-/m0/s1. The predicted molar refractivity (Wildman–Crippen MR) is 117 cm³/mol. The van der Waals surface area contributed by atoms with Gasteiger partial charge in [0, 0.05) is 30.1 Å². The van der Waals surface area contributed by atoms with Crippen LogP contribution in [0.4, 0.5) is 18.0 Å². The minimum Gasteiger partial charge on any atom is -0.497 e. The van der Waals surface area contributed by atoms with Crippen LogP contribution in [-0.4, -0.2) is 77.0 Å². The summed E-state index contributed by atoms with van der Waals surface area (Å²) in [4.78, 5) is 33.8. The van der Waals surface area contributed by atoms with Crippen LogP contribution < -0.4 is 10.1 Å². The van der Waals surface area contributed by atoms with E-state index in [1.165, 1.54) is 5.01 Å². The lowest BCUT2D eigenvalue weighted by molar-refractivity contribution is -0.145. The number of hydrazone groups is 1. The van der Waals surface area contributed by atoms with E-state index in [0.717, 1.165) is 18.0 Å². The lowest BCUT2D eigenvalue weighted by Crippen LogP contribution is -2.52. The van der Waals surface area contributed by atoms with Crippen molar-refractivity contribution in [3.63, 3.8) is 0 Å². The number of halogens is 3. The molecule has 2 aliphatic heterocycles. The molecule has 13 heteroatoms. The highest BCUT2D eigenvalue weighted by molar-refractivity contribution is 6.08. The first kappa shape index (κ1) is 24.4. The van der Waals surface area contributed by atoms with Gasteiger partial charge in [-0.25, -0.2) is 19.8 Å². The van der Waals surface area contributed by atoms with E-state index in [1.54, 1.807) is 43.2 Å². The molecule has 1 fully saturated rings. The summed E-state index contributed by atoms with van der Waals surface area (Å²) in [6.45, 7) is 2.37. The maximum atomic E-state index is 13.0. The van der Waals surface area contributed by atoms with Crippen LogP contribution in [0.2, 0.25) is 0 Å². The van der Waals surface area contributed by atoms with Crippen LogP contribution in [0.15, 0.2) is 41.8 Å². The molecule has 0 aliphatic carbocycles. The number of rotatable bonds is 5. The second-order valence-electron chi connectivity index (χ2n) is 7.96. The Hall–Kier alpha value is -3.74. The Morgan fingerprint density at radius 1 is 1.23 bits per heavy atom. The Kier molecular flexibility index (Phi) is 6.87. The summed E-state index contributed by atoms with van der Waals surface area (Å²) >= 11 is 0. The van der Waals surface area contributed by atoms with E-state index in [9.17, 15) is 22.8 Å². The van der Waals surface area contributed by atoms with Gasteiger partial charge in [-0.2, -0.15) is 18.3 Å². The fraction of sp³-hybridized carbons (Fsp3) is 0.409. The van der Waals surface area contributed by atoms with Crippen LogP contribution in [0.1, 0.15) is 29.9 Å². The fourth-order valence-electron chi connectivity index (χ4n) is 3.78. The Labute approximate surface area is 198 Å². The zero-order chi connectivity index (χ0) is 25.2. The number of hydrogen-bond donors (Lipinski definition) is 1. The minimum absolute atomic E-state index is 0.0520. The molecule has 2 aliphatic rings. The van der Waals surface area contributed by atoms with Gasteiger partial charge in [0.15, 0.2) is 0 Å². The average Bonchev–Trinajstić information content (AvgIpc) is 3.29. The van der Waals surface area contributed by atoms with Gasteiger partial charge in [0.2, 0.25) is 11.7 Å². The number of alkyl halides is 3. The van der Waals surface area contributed by atoms with Crippen LogP contribution in [0.3, 0.4) is 0 Å². The minimum atomic E-state index is -4.65. The largest absolute Gasteiger partial charge is 0.497 e. The summed E-state index contributed by atoms with van der Waals surface area (Å²) in [7, 11) is 1.55. The highest BCUT2D eigenvalue weighted by Gasteiger charge is 2.39. The number of carbonyl (C=O) groups excluding carboxylic acids is 2. The third kappa shape index (κ3) is 5.34. The van der Waals surface area contributed by atoms with E-state index in [0.29, 0.717) is 30.2 Å². The number of nitrogens with one attached hydrogen (secondary N) is 1. The monoisotopic (exact) mass is 492 g/mol. The molecule has 0 spiro atoms. The van der Waals surface area contributed by atoms with Crippen molar-refractivity contribution in [3.05, 3.63) is 53.6 Å². The molecule has 3 amide bonds. The predicted octanol–water partition coefficient (Wildman–Crippen LogP) is 2.22. The first-order valence-corrected chi connectivity index (χ1v) is 10.7. The van der Waals surface area contributed by atoms with Gasteiger partial charge in [0.05, 0.1) is 38.1 Å². The highest BCUT2D eigenvalue weighted by Crippen LogP contribution is 2.26. The summed E-state index contributed by atoms with van der Waals surface area (Å²) in [5, 5.41) is 8.37. The number of aromatic nitrogens is 2. The molecule has 1 saturated heterocycles. The molecule has 2 aromatic rings. The second kappa shape index (κ2) is 9.86. The average molecular weight is 492 g/mol. The Balaban J connectivity index is 1.53. The summed E-state index contributed by atoms with van der Waals surface area (Å²) < 4.78 is 48.6. The molecule has 0 radical (unpaired) electrons. The number of hydrogen-bond acceptors (Lipinski definition) is 7. The van der Waals surface area contributed by atoms with E-state index in [4.69, 9.17) is 9.47 Å². The van der Waals surface area contributed by atoms with Crippen molar-refractivity contribution < 1.29 is 32.2 Å². The Bertz CT molecular complexity index is 1110. The number of urea groups is 1. The number of amides is 3. The maximum Gasteiger partial charge on any atom is 0.451 e. The van der Waals surface area contributed by atoms with E-state index in [1.807, 2.05) is 0 Å². The number of benzene rings is 1. The normalized spacial score (nSPS) is 19.4. The molecule has 10 nitrogen and oxygen atoms in total. The van der Waals surface area contributed by atoms with Gasteiger partial charge >= 0.3 is 12.2 Å². The smallest absolute Gasteiger partial charge is 0.451 e. The van der Waals surface area contributed by atoms with E-state index < -0.39 is 30.1 Å². The summed E-state index contributed by atoms with van der Waals surface area (Å²) in [5.74, 6) is -0.820. The van der Waals surface area contributed by atoms with Crippen molar-refractivity contribution in [3.8, 4) is 5.75 Å². The summed E-state index contributed by atoms with van der Waals surface area (Å²) in [5.41, 5.74) is 1.54. The van der Waals surface area contributed by atoms with E-state index >= 15 is 0 Å². The van der Waals surface area contributed by atoms with Crippen molar-refractivity contribution in [2.24, 2.45) is 5.10 Å². The number of nitrogens with zero attached hydrogens (tertiary/aromatic N) is 5. The van der Waals surface area contributed by atoms with Crippen molar-refractivity contribution in [2.75, 3.05) is 33.4 Å². The first-order valence-electron chi connectivity index (χ1n) is 10.7. The molecular formula is C22H23F3N6O4. The van der Waals surface area contributed by atoms with Crippen LogP contribution in [0.25, 0.3) is 0 Å². The van der Waals surface area contributed by atoms with Crippen molar-refractivity contribution >= 4 is 17.6 Å². The number of morpholine rings is 1. The molecule has 4 rings (SSSR count). The zero-order valence-electron chi connectivity index (χ0n) is 19.0. The van der Waals surface area contributed by atoms with Crippen LogP contribution >= 0.6 is 0 Å². The molecule has 0 bridgehead atoms. The van der Waals surface area contributed by atoms with Crippen LogP contribution in [0.5, 0.6) is 5.75 Å². The molecule has 3 heterocycles.